The Labute approximate surface area is 139 Å². The van der Waals surface area contributed by atoms with E-state index in [4.69, 9.17) is 0 Å². The van der Waals surface area contributed by atoms with E-state index in [2.05, 4.69) is 16.7 Å². The van der Waals surface area contributed by atoms with Crippen molar-refractivity contribution in [2.24, 2.45) is 7.05 Å². The van der Waals surface area contributed by atoms with Gasteiger partial charge in [0.25, 0.3) is 0 Å². The Hall–Kier alpha value is -2.82. The van der Waals surface area contributed by atoms with Crippen LogP contribution in [0.5, 0.6) is 0 Å². The number of fused-ring (bicyclic) bond motifs is 3. The normalized spacial score (nSPS) is 20.2. The zero-order chi connectivity index (χ0) is 17.0. The predicted molar refractivity (Wildman–Crippen MR) is 91.5 cm³/mol. The molecule has 5 nitrogen and oxygen atoms in total. The van der Waals surface area contributed by atoms with Crippen LogP contribution in [0.1, 0.15) is 17.5 Å². The number of carbonyl (C=O) groups is 2. The number of allylic oxidation sites excluding steroid dienone is 2. The number of carboxylic acid groups (broad SMARTS) is 1. The van der Waals surface area contributed by atoms with Gasteiger partial charge < -0.3 is 14.6 Å². The van der Waals surface area contributed by atoms with Crippen LogP contribution in [0.15, 0.2) is 42.1 Å². The number of aryl methyl sites for hydroxylation is 2. The molecule has 0 spiro atoms. The molecule has 1 aromatic heterocycles. The summed E-state index contributed by atoms with van der Waals surface area (Å²) in [6.45, 7) is 0. The van der Waals surface area contributed by atoms with Crippen LogP contribution in [0.4, 0.5) is 0 Å². The first-order chi connectivity index (χ1) is 11.5. The van der Waals surface area contributed by atoms with E-state index < -0.39 is 12.0 Å². The molecule has 0 amide bonds. The molecule has 2 heterocycles. The molecule has 1 aliphatic carbocycles. The van der Waals surface area contributed by atoms with Gasteiger partial charge in [-0.1, -0.05) is 12.2 Å². The summed E-state index contributed by atoms with van der Waals surface area (Å²) in [5.41, 5.74) is 4.52. The average Bonchev–Trinajstić information content (AvgIpc) is 2.84. The van der Waals surface area contributed by atoms with Crippen LogP contribution >= 0.6 is 0 Å². The lowest BCUT2D eigenvalue weighted by Gasteiger charge is -2.32. The molecule has 2 aliphatic rings. The van der Waals surface area contributed by atoms with Gasteiger partial charge in [-0.25, -0.2) is 4.79 Å². The third kappa shape index (κ3) is 2.01. The fourth-order valence-corrected chi connectivity index (χ4v) is 3.70. The summed E-state index contributed by atoms with van der Waals surface area (Å²) in [6.07, 6.45) is 6.39. The Bertz CT molecular complexity index is 949. The molecule has 1 N–H and O–H groups in total. The van der Waals surface area contributed by atoms with Crippen molar-refractivity contribution in [3.8, 4) is 0 Å². The lowest BCUT2D eigenvalue weighted by molar-refractivity contribution is -0.140. The van der Waals surface area contributed by atoms with Crippen LogP contribution in [-0.4, -0.2) is 39.4 Å². The molecule has 24 heavy (non-hydrogen) atoms. The van der Waals surface area contributed by atoms with Crippen LogP contribution in [0.2, 0.25) is 0 Å². The maximum absolute atomic E-state index is 12.5. The average molecular weight is 322 g/mol. The van der Waals surface area contributed by atoms with Gasteiger partial charge in [0.05, 0.1) is 5.70 Å². The first kappa shape index (κ1) is 14.8. The highest BCUT2D eigenvalue weighted by Gasteiger charge is 2.32. The Morgan fingerprint density at radius 3 is 2.79 bits per heavy atom. The maximum atomic E-state index is 12.5. The minimum Gasteiger partial charge on any atom is -0.479 e. The van der Waals surface area contributed by atoms with Crippen LogP contribution in [-0.2, 0) is 23.1 Å². The molecule has 1 unspecified atom stereocenters. The number of aliphatic carboxylic acids is 1. The number of ketones is 1. The molecule has 1 aromatic carbocycles. The summed E-state index contributed by atoms with van der Waals surface area (Å²) >= 11 is 0. The maximum Gasteiger partial charge on any atom is 0.330 e. The number of hydrogen-bond donors (Lipinski definition) is 1. The molecule has 2 aromatic rings. The van der Waals surface area contributed by atoms with Crippen molar-refractivity contribution in [3.05, 3.63) is 53.2 Å². The third-order valence-electron chi connectivity index (χ3n) is 5.01. The number of aromatic nitrogens is 1. The summed E-state index contributed by atoms with van der Waals surface area (Å²) in [5.74, 6) is -0.850. The van der Waals surface area contributed by atoms with Crippen molar-refractivity contribution >= 4 is 28.4 Å². The first-order valence-electron chi connectivity index (χ1n) is 7.97. The van der Waals surface area contributed by atoms with Gasteiger partial charge in [0, 0.05) is 48.8 Å². The minimum atomic E-state index is -0.917. The molecule has 1 aliphatic heterocycles. The number of nitrogens with zero attached hydrogens (tertiary/aromatic N) is 2. The topological polar surface area (TPSA) is 62.5 Å². The van der Waals surface area contributed by atoms with E-state index >= 15 is 0 Å². The van der Waals surface area contributed by atoms with E-state index in [1.807, 2.05) is 19.3 Å². The van der Waals surface area contributed by atoms with Gasteiger partial charge in [-0.3, -0.25) is 4.79 Å². The summed E-state index contributed by atoms with van der Waals surface area (Å²) < 4.78 is 2.06. The van der Waals surface area contributed by atoms with Crippen molar-refractivity contribution < 1.29 is 14.7 Å². The molecule has 5 heteroatoms. The van der Waals surface area contributed by atoms with Crippen molar-refractivity contribution in [3.63, 3.8) is 0 Å². The van der Waals surface area contributed by atoms with Crippen molar-refractivity contribution in [1.82, 2.24) is 9.47 Å². The lowest BCUT2D eigenvalue weighted by atomic mass is 9.95. The molecule has 0 bridgehead atoms. The highest BCUT2D eigenvalue weighted by molar-refractivity contribution is 6.08. The third-order valence-corrected chi connectivity index (χ3v) is 5.01. The molecule has 0 saturated carbocycles. The largest absolute Gasteiger partial charge is 0.479 e. The van der Waals surface area contributed by atoms with E-state index in [-0.39, 0.29) is 5.78 Å². The highest BCUT2D eigenvalue weighted by Crippen LogP contribution is 2.37. The predicted octanol–water partition coefficient (Wildman–Crippen LogP) is 2.36. The summed E-state index contributed by atoms with van der Waals surface area (Å²) in [4.78, 5) is 25.8. The minimum absolute atomic E-state index is 0.0668. The number of likely N-dealkylation sites (N-methyl/N-ethyl adjacent to an activating group) is 1. The van der Waals surface area contributed by atoms with E-state index in [9.17, 15) is 14.7 Å². The van der Waals surface area contributed by atoms with E-state index in [0.29, 0.717) is 18.4 Å². The number of rotatable bonds is 1. The smallest absolute Gasteiger partial charge is 0.330 e. The van der Waals surface area contributed by atoms with Crippen LogP contribution in [0.3, 0.4) is 0 Å². The fraction of sp³-hybridized carbons (Fsp3) is 0.263. The Morgan fingerprint density at radius 1 is 1.25 bits per heavy atom. The number of carboxylic acids is 1. The van der Waals surface area contributed by atoms with Crippen LogP contribution in [0.25, 0.3) is 16.6 Å². The lowest BCUT2D eigenvalue weighted by Crippen LogP contribution is -2.38. The molecular weight excluding hydrogens is 304 g/mol. The monoisotopic (exact) mass is 322 g/mol. The highest BCUT2D eigenvalue weighted by atomic mass is 16.4. The van der Waals surface area contributed by atoms with Gasteiger partial charge in [-0.05, 0) is 30.2 Å². The van der Waals surface area contributed by atoms with Gasteiger partial charge in [-0.15, -0.1) is 0 Å². The molecule has 1 atom stereocenters. The zero-order valence-electron chi connectivity index (χ0n) is 13.6. The standard InChI is InChI=1S/C19H18N2O3/c1-20-8-7-12-9-14-11(10-16(12)20)3-6-17(22)13-4-5-15(19(23)24)21(2)18(13)14/h4-5,7-10,15H,3,6H2,1-2H3,(H,23,24). The van der Waals surface area contributed by atoms with E-state index in [0.717, 1.165) is 27.7 Å². The van der Waals surface area contributed by atoms with Crippen LogP contribution in [0, 0.1) is 0 Å². The van der Waals surface area contributed by atoms with Gasteiger partial charge in [0.1, 0.15) is 6.04 Å². The Morgan fingerprint density at radius 2 is 2.04 bits per heavy atom. The van der Waals surface area contributed by atoms with Crippen molar-refractivity contribution in [2.75, 3.05) is 7.05 Å². The quantitative estimate of drug-likeness (QED) is 0.875. The molecule has 4 rings (SSSR count). The second-order valence-corrected chi connectivity index (χ2v) is 6.43. The Balaban J connectivity index is 1.99. The molecule has 122 valence electrons. The Kier molecular flexibility index (Phi) is 3.13. The molecular formula is C19H18N2O3. The second kappa shape index (κ2) is 5.09. The van der Waals surface area contributed by atoms with Crippen LogP contribution < -0.4 is 0 Å². The first-order valence-corrected chi connectivity index (χ1v) is 7.97. The van der Waals surface area contributed by atoms with Gasteiger partial charge in [0.15, 0.2) is 5.78 Å². The van der Waals surface area contributed by atoms with E-state index in [1.165, 1.54) is 0 Å². The fourth-order valence-electron chi connectivity index (χ4n) is 3.70. The zero-order valence-corrected chi connectivity index (χ0v) is 13.6. The molecule has 0 fully saturated rings. The molecule has 0 saturated heterocycles. The van der Waals surface area contributed by atoms with E-state index in [1.54, 1.807) is 24.1 Å². The molecule has 0 radical (unpaired) electrons. The second-order valence-electron chi connectivity index (χ2n) is 6.43. The van der Waals surface area contributed by atoms with Crippen molar-refractivity contribution in [2.45, 2.75) is 18.9 Å². The number of carbonyl (C=O) groups excluding carboxylic acids is 1. The summed E-state index contributed by atoms with van der Waals surface area (Å²) in [6, 6.07) is 5.48. The number of hydrogen-bond acceptors (Lipinski definition) is 3. The van der Waals surface area contributed by atoms with Gasteiger partial charge >= 0.3 is 5.97 Å². The number of Topliss-reactive ketones (excluding diaryl/α,β-unsaturated/α-hetero) is 1. The van der Waals surface area contributed by atoms with Gasteiger partial charge in [0.2, 0.25) is 0 Å². The number of benzene rings is 1. The van der Waals surface area contributed by atoms with Crippen molar-refractivity contribution in [1.29, 1.82) is 0 Å². The van der Waals surface area contributed by atoms with Gasteiger partial charge in [-0.2, -0.15) is 0 Å². The summed E-state index contributed by atoms with van der Waals surface area (Å²) in [5, 5.41) is 10.5. The summed E-state index contributed by atoms with van der Waals surface area (Å²) in [7, 11) is 3.74. The SMILES string of the molecule is CN1C2=C(C=CC1C(=O)O)C(=O)CCc1cc3c(ccn3C)cc12.